The number of ether oxygens (including phenoxy) is 1. The van der Waals surface area contributed by atoms with Crippen molar-refractivity contribution in [2.24, 2.45) is 4.99 Å². The molecule has 0 spiro atoms. The smallest absolute Gasteiger partial charge is 0.276 e. The maximum absolute atomic E-state index is 11.9. The molecule has 0 saturated heterocycles. The summed E-state index contributed by atoms with van der Waals surface area (Å²) in [5.41, 5.74) is -0.0654. The van der Waals surface area contributed by atoms with E-state index in [-0.39, 0.29) is 16.2 Å². The molecule has 1 aromatic rings. The van der Waals surface area contributed by atoms with E-state index in [0.717, 1.165) is 0 Å². The van der Waals surface area contributed by atoms with E-state index in [1.54, 1.807) is 6.92 Å². The number of fused-ring (bicyclic) bond motifs is 1. The molecule has 2 rings (SSSR count). The van der Waals surface area contributed by atoms with Crippen molar-refractivity contribution in [1.29, 1.82) is 0 Å². The number of nitrogens with zero attached hydrogens (tertiary/aromatic N) is 1. The summed E-state index contributed by atoms with van der Waals surface area (Å²) < 4.78 is 29.0. The Morgan fingerprint density at radius 3 is 2.71 bits per heavy atom. The minimum atomic E-state index is -3.50. The van der Waals surface area contributed by atoms with Crippen molar-refractivity contribution in [3.05, 3.63) is 23.3 Å². The molecule has 0 fully saturated rings. The van der Waals surface area contributed by atoms with Crippen molar-refractivity contribution < 1.29 is 17.9 Å². The number of benzene rings is 1. The van der Waals surface area contributed by atoms with Crippen LogP contribution in [0.5, 0.6) is 5.75 Å². The van der Waals surface area contributed by atoms with E-state index in [0.29, 0.717) is 5.56 Å². The molecule has 1 amide bonds. The molecule has 0 saturated carbocycles. The van der Waals surface area contributed by atoms with Crippen molar-refractivity contribution in [3.63, 3.8) is 0 Å². The third kappa shape index (κ3) is 1.64. The first-order chi connectivity index (χ1) is 7.87. The van der Waals surface area contributed by atoms with Gasteiger partial charge in [-0.15, -0.1) is 0 Å². The van der Waals surface area contributed by atoms with Crippen molar-refractivity contribution in [3.8, 4) is 5.75 Å². The molecule has 0 bridgehead atoms. The Balaban J connectivity index is 2.70. The summed E-state index contributed by atoms with van der Waals surface area (Å²) in [5.74, 6) is -0.254. The Kier molecular flexibility index (Phi) is 2.54. The monoisotopic (exact) mass is 253 g/mol. The van der Waals surface area contributed by atoms with E-state index in [1.165, 1.54) is 19.1 Å². The Morgan fingerprint density at radius 1 is 1.47 bits per heavy atom. The molecule has 1 heterocycles. The van der Waals surface area contributed by atoms with Crippen molar-refractivity contribution in [1.82, 2.24) is 0 Å². The van der Waals surface area contributed by atoms with Gasteiger partial charge < -0.3 is 4.74 Å². The van der Waals surface area contributed by atoms with Crippen LogP contribution in [0.1, 0.15) is 22.8 Å². The molecule has 0 radical (unpaired) electrons. The Morgan fingerprint density at radius 2 is 2.12 bits per heavy atom. The van der Waals surface area contributed by atoms with Crippen LogP contribution in [0, 0.1) is 6.92 Å². The van der Waals surface area contributed by atoms with Crippen LogP contribution in [0.25, 0.3) is 0 Å². The van der Waals surface area contributed by atoms with Crippen LogP contribution < -0.4 is 4.74 Å². The SMILES string of the molecule is C=NC(=O)c1cc2c(cc1C)OC(C)S2(=O)=O. The molecule has 90 valence electrons. The number of hydrogen-bond acceptors (Lipinski definition) is 4. The predicted octanol–water partition coefficient (Wildman–Crippen LogP) is 1.35. The Bertz CT molecular complexity index is 619. The van der Waals surface area contributed by atoms with Gasteiger partial charge in [-0.3, -0.25) is 4.79 Å². The highest BCUT2D eigenvalue weighted by Gasteiger charge is 2.36. The van der Waals surface area contributed by atoms with Crippen molar-refractivity contribution in [2.45, 2.75) is 24.2 Å². The summed E-state index contributed by atoms with van der Waals surface area (Å²) in [6.07, 6.45) is 0. The van der Waals surface area contributed by atoms with E-state index in [1.807, 2.05) is 0 Å². The van der Waals surface area contributed by atoms with Gasteiger partial charge in [-0.2, -0.15) is 0 Å². The zero-order valence-corrected chi connectivity index (χ0v) is 10.2. The lowest BCUT2D eigenvalue weighted by atomic mass is 10.1. The molecule has 0 aromatic heterocycles. The molecular weight excluding hydrogens is 242 g/mol. The topological polar surface area (TPSA) is 72.8 Å². The van der Waals surface area contributed by atoms with E-state index in [2.05, 4.69) is 11.7 Å². The number of carbonyl (C=O) groups is 1. The fraction of sp³-hybridized carbons (Fsp3) is 0.273. The first-order valence-electron chi connectivity index (χ1n) is 4.94. The molecule has 0 N–H and O–H groups in total. The van der Waals surface area contributed by atoms with Crippen LogP contribution in [0.2, 0.25) is 0 Å². The lowest BCUT2D eigenvalue weighted by Crippen LogP contribution is -2.15. The van der Waals surface area contributed by atoms with Crippen LogP contribution in [0.4, 0.5) is 0 Å². The zero-order valence-electron chi connectivity index (χ0n) is 9.43. The number of aryl methyl sites for hydroxylation is 1. The van der Waals surface area contributed by atoms with Gasteiger partial charge in [-0.05, 0) is 38.3 Å². The fourth-order valence-electron chi connectivity index (χ4n) is 1.71. The number of aliphatic imine (C=N–C) groups is 1. The second kappa shape index (κ2) is 3.66. The second-order valence-corrected chi connectivity index (χ2v) is 6.00. The molecule has 1 unspecified atom stereocenters. The minimum Gasteiger partial charge on any atom is -0.473 e. The van der Waals surface area contributed by atoms with Gasteiger partial charge in [-0.25, -0.2) is 13.4 Å². The van der Waals surface area contributed by atoms with Crippen LogP contribution in [-0.2, 0) is 9.84 Å². The molecule has 17 heavy (non-hydrogen) atoms. The van der Waals surface area contributed by atoms with Gasteiger partial charge in [0.1, 0.15) is 10.6 Å². The van der Waals surface area contributed by atoms with Crippen LogP contribution in [0.15, 0.2) is 22.0 Å². The summed E-state index contributed by atoms with van der Waals surface area (Å²) in [6, 6.07) is 2.84. The molecule has 1 aliphatic rings. The maximum atomic E-state index is 11.9. The first kappa shape index (κ1) is 11.8. The van der Waals surface area contributed by atoms with Gasteiger partial charge in [0.2, 0.25) is 15.3 Å². The van der Waals surface area contributed by atoms with E-state index >= 15 is 0 Å². The number of hydrogen-bond donors (Lipinski definition) is 0. The molecule has 5 nitrogen and oxygen atoms in total. The van der Waals surface area contributed by atoms with Gasteiger partial charge in [0, 0.05) is 5.56 Å². The highest BCUT2D eigenvalue weighted by Crippen LogP contribution is 2.37. The normalized spacial score (nSPS) is 20.5. The fourth-order valence-corrected chi connectivity index (χ4v) is 2.97. The number of rotatable bonds is 1. The zero-order chi connectivity index (χ0) is 12.8. The molecule has 1 aliphatic heterocycles. The molecular formula is C11H11NO4S. The standard InChI is InChI=1S/C11H11NO4S/c1-6-4-9-10(5-8(6)11(13)12-3)17(14,15)7(2)16-9/h4-5,7H,3H2,1-2H3. The first-order valence-corrected chi connectivity index (χ1v) is 6.49. The minimum absolute atomic E-state index is 0.0441. The molecule has 0 aliphatic carbocycles. The van der Waals surface area contributed by atoms with Gasteiger partial charge in [0.15, 0.2) is 0 Å². The maximum Gasteiger partial charge on any atom is 0.276 e. The third-order valence-corrected chi connectivity index (χ3v) is 4.60. The quantitative estimate of drug-likeness (QED) is 0.708. The average Bonchev–Trinajstić information content (AvgIpc) is 2.48. The van der Waals surface area contributed by atoms with E-state index in [4.69, 9.17) is 4.74 Å². The second-order valence-electron chi connectivity index (χ2n) is 3.81. The van der Waals surface area contributed by atoms with Crippen LogP contribution >= 0.6 is 0 Å². The van der Waals surface area contributed by atoms with Gasteiger partial charge in [0.05, 0.1) is 0 Å². The van der Waals surface area contributed by atoms with Gasteiger partial charge in [0.25, 0.3) is 5.91 Å². The summed E-state index contributed by atoms with van der Waals surface area (Å²) in [5, 5.41) is 0. The highest BCUT2D eigenvalue weighted by atomic mass is 32.2. The largest absolute Gasteiger partial charge is 0.473 e. The molecule has 1 atom stereocenters. The lowest BCUT2D eigenvalue weighted by Gasteiger charge is -2.03. The number of carbonyl (C=O) groups excluding carboxylic acids is 1. The number of sulfone groups is 1. The van der Waals surface area contributed by atoms with Gasteiger partial charge in [-0.1, -0.05) is 0 Å². The lowest BCUT2D eigenvalue weighted by molar-refractivity contribution is 0.100. The summed E-state index contributed by atoms with van der Waals surface area (Å²) >= 11 is 0. The van der Waals surface area contributed by atoms with Gasteiger partial charge >= 0.3 is 0 Å². The Hall–Kier alpha value is -1.69. The number of amides is 1. The highest BCUT2D eigenvalue weighted by molar-refractivity contribution is 7.92. The Labute approximate surface area is 99.0 Å². The third-order valence-electron chi connectivity index (χ3n) is 2.70. The molecule has 6 heteroatoms. The average molecular weight is 253 g/mol. The summed E-state index contributed by atoms with van der Waals surface area (Å²) in [6.45, 7) is 6.29. The van der Waals surface area contributed by atoms with E-state index < -0.39 is 21.2 Å². The van der Waals surface area contributed by atoms with Crippen molar-refractivity contribution >= 4 is 22.5 Å². The molecule has 1 aromatic carbocycles. The summed E-state index contributed by atoms with van der Waals surface area (Å²) in [7, 11) is -3.50. The van der Waals surface area contributed by atoms with E-state index in [9.17, 15) is 13.2 Å². The van der Waals surface area contributed by atoms with Crippen molar-refractivity contribution in [2.75, 3.05) is 0 Å². The predicted molar refractivity (Wildman–Crippen MR) is 62.3 cm³/mol. The summed E-state index contributed by atoms with van der Waals surface area (Å²) in [4.78, 5) is 14.8. The van der Waals surface area contributed by atoms with Crippen LogP contribution in [0.3, 0.4) is 0 Å². The van der Waals surface area contributed by atoms with Crippen LogP contribution in [-0.4, -0.2) is 26.5 Å².